The van der Waals surface area contributed by atoms with E-state index in [0.717, 1.165) is 38.0 Å². The molecule has 0 bridgehead atoms. The zero-order valence-corrected chi connectivity index (χ0v) is 20.2. The van der Waals surface area contributed by atoms with E-state index in [4.69, 9.17) is 15.5 Å². The number of carbonyl (C=O) groups excluding carboxylic acids is 1. The van der Waals surface area contributed by atoms with Crippen molar-refractivity contribution in [1.29, 1.82) is 0 Å². The molecular formula is C24H37N7O2. The fraction of sp³-hybridized carbons (Fsp3) is 0.583. The summed E-state index contributed by atoms with van der Waals surface area (Å²) in [5.41, 5.74) is 8.15. The molecule has 2 saturated heterocycles. The minimum Gasteiger partial charge on any atom is -0.465 e. The molecule has 0 radical (unpaired) electrons. The number of likely N-dealkylation sites (tertiary alicyclic amines) is 1. The molecule has 2 amide bonds. The molecule has 3 aliphatic rings. The van der Waals surface area contributed by atoms with Crippen LogP contribution >= 0.6 is 0 Å². The highest BCUT2D eigenvalue weighted by atomic mass is 16.5. The standard InChI is InChI=1S/C24H37N7O2/c1-5-6-13-33-22-27-21(25)20-24(2,28-22)31(23(32)26-20)15-18-9-7-17(8-10-18)14-30(4)19-11-12-29(3)16-19/h7-10,19H,5-6,11-16,25H2,1-4H3,(H,26,32)(H,27,28). The number of nitrogens with one attached hydrogen (secondary N) is 2. The number of amidine groups is 1. The highest BCUT2D eigenvalue weighted by Crippen LogP contribution is 2.35. The smallest absolute Gasteiger partial charge is 0.324 e. The van der Waals surface area contributed by atoms with E-state index in [-0.39, 0.29) is 6.03 Å². The Morgan fingerprint density at radius 3 is 2.67 bits per heavy atom. The average molecular weight is 456 g/mol. The van der Waals surface area contributed by atoms with E-state index in [1.807, 2.05) is 6.92 Å². The molecule has 9 heteroatoms. The largest absolute Gasteiger partial charge is 0.465 e. The van der Waals surface area contributed by atoms with Gasteiger partial charge in [-0.1, -0.05) is 37.6 Å². The highest BCUT2D eigenvalue weighted by Gasteiger charge is 2.50. The van der Waals surface area contributed by atoms with Crippen LogP contribution in [-0.4, -0.2) is 72.2 Å². The average Bonchev–Trinajstić information content (AvgIpc) is 3.32. The number of nitrogens with zero attached hydrogens (tertiary/aromatic N) is 4. The summed E-state index contributed by atoms with van der Waals surface area (Å²) in [7, 11) is 4.37. The Kier molecular flexibility index (Phi) is 6.81. The Bertz CT molecular complexity index is 929. The Morgan fingerprint density at radius 1 is 1.27 bits per heavy atom. The molecular weight excluding hydrogens is 418 g/mol. The SMILES string of the molecule is CCCCOC1=NC2(C)C(=C(N)N1)NC(=O)N2Cc1ccc(CN(C)C2CCN(C)C2)cc1. The lowest BCUT2D eigenvalue weighted by Gasteiger charge is -2.34. The number of fused-ring (bicyclic) bond motifs is 1. The molecule has 1 aromatic rings. The quantitative estimate of drug-likeness (QED) is 0.519. The van der Waals surface area contributed by atoms with Gasteiger partial charge in [-0.3, -0.25) is 15.1 Å². The Hall–Kier alpha value is -2.78. The first kappa shape index (κ1) is 23.4. The first-order valence-corrected chi connectivity index (χ1v) is 11.8. The Morgan fingerprint density at radius 2 is 2.00 bits per heavy atom. The molecule has 3 heterocycles. The molecule has 2 fully saturated rings. The summed E-state index contributed by atoms with van der Waals surface area (Å²) in [5.74, 6) is 0.366. The van der Waals surface area contributed by atoms with Crippen molar-refractivity contribution in [2.45, 2.75) is 57.9 Å². The molecule has 0 saturated carbocycles. The first-order valence-electron chi connectivity index (χ1n) is 11.8. The van der Waals surface area contributed by atoms with Crippen LogP contribution in [0.1, 0.15) is 44.2 Å². The topological polar surface area (TPSA) is 98.5 Å². The third-order valence-corrected chi connectivity index (χ3v) is 6.83. The molecule has 2 unspecified atom stereocenters. The number of hydrogen-bond acceptors (Lipinski definition) is 7. The van der Waals surface area contributed by atoms with Gasteiger partial charge >= 0.3 is 6.03 Å². The van der Waals surface area contributed by atoms with E-state index in [2.05, 4.69) is 65.7 Å². The lowest BCUT2D eigenvalue weighted by atomic mass is 10.1. The summed E-state index contributed by atoms with van der Waals surface area (Å²) in [6, 6.07) is 9.22. The second-order valence-corrected chi connectivity index (χ2v) is 9.51. The molecule has 2 atom stereocenters. The van der Waals surface area contributed by atoms with Crippen molar-refractivity contribution >= 4 is 12.1 Å². The molecule has 33 heavy (non-hydrogen) atoms. The van der Waals surface area contributed by atoms with Crippen molar-refractivity contribution < 1.29 is 9.53 Å². The van der Waals surface area contributed by atoms with Crippen LogP contribution in [0.2, 0.25) is 0 Å². The first-order chi connectivity index (χ1) is 15.8. The number of amides is 2. The van der Waals surface area contributed by atoms with Crippen LogP contribution < -0.4 is 16.4 Å². The minimum atomic E-state index is -0.929. The molecule has 1 aromatic carbocycles. The normalized spacial score (nSPS) is 25.2. The summed E-state index contributed by atoms with van der Waals surface area (Å²) in [4.78, 5) is 24.0. The van der Waals surface area contributed by atoms with Crippen molar-refractivity contribution in [2.75, 3.05) is 33.8 Å². The maximum atomic E-state index is 12.8. The number of likely N-dealkylation sites (N-methyl/N-ethyl adjacent to an activating group) is 2. The van der Waals surface area contributed by atoms with Crippen LogP contribution in [0.15, 0.2) is 40.8 Å². The lowest BCUT2D eigenvalue weighted by molar-refractivity contribution is 0.167. The second kappa shape index (κ2) is 9.61. The van der Waals surface area contributed by atoms with Crippen molar-refractivity contribution in [1.82, 2.24) is 25.3 Å². The summed E-state index contributed by atoms with van der Waals surface area (Å²) < 4.78 is 5.75. The lowest BCUT2D eigenvalue weighted by Crippen LogP contribution is -2.49. The Labute approximate surface area is 196 Å². The fourth-order valence-electron chi connectivity index (χ4n) is 4.70. The van der Waals surface area contributed by atoms with E-state index in [1.165, 1.54) is 12.0 Å². The fourth-order valence-corrected chi connectivity index (χ4v) is 4.70. The van der Waals surface area contributed by atoms with Gasteiger partial charge < -0.3 is 20.7 Å². The van der Waals surface area contributed by atoms with E-state index < -0.39 is 5.66 Å². The molecule has 9 nitrogen and oxygen atoms in total. The molecule has 4 rings (SSSR count). The van der Waals surface area contributed by atoms with Gasteiger partial charge in [0.25, 0.3) is 6.02 Å². The van der Waals surface area contributed by atoms with Crippen LogP contribution in [0.3, 0.4) is 0 Å². The van der Waals surface area contributed by atoms with Gasteiger partial charge in [-0.25, -0.2) is 9.79 Å². The van der Waals surface area contributed by atoms with Gasteiger partial charge in [0, 0.05) is 19.1 Å². The second-order valence-electron chi connectivity index (χ2n) is 9.51. The molecule has 4 N–H and O–H groups in total. The molecule has 3 aliphatic heterocycles. The summed E-state index contributed by atoms with van der Waals surface area (Å²) in [6.07, 6.45) is 3.16. The Balaban J connectivity index is 1.44. The van der Waals surface area contributed by atoms with Gasteiger partial charge in [0.15, 0.2) is 5.66 Å². The number of carbonyl (C=O) groups is 1. The number of unbranched alkanes of at least 4 members (excludes halogenated alkanes) is 1. The number of nitrogens with two attached hydrogens (primary N) is 1. The monoisotopic (exact) mass is 455 g/mol. The minimum absolute atomic E-state index is 0.218. The van der Waals surface area contributed by atoms with Crippen molar-refractivity contribution in [3.63, 3.8) is 0 Å². The van der Waals surface area contributed by atoms with Gasteiger partial charge in [-0.2, -0.15) is 0 Å². The maximum absolute atomic E-state index is 12.8. The van der Waals surface area contributed by atoms with Crippen LogP contribution in [0, 0.1) is 0 Å². The van der Waals surface area contributed by atoms with Crippen LogP contribution in [-0.2, 0) is 17.8 Å². The predicted molar refractivity (Wildman–Crippen MR) is 129 cm³/mol. The van der Waals surface area contributed by atoms with Gasteiger partial charge in [-0.15, -0.1) is 0 Å². The molecule has 180 valence electrons. The third kappa shape index (κ3) is 4.94. The zero-order valence-electron chi connectivity index (χ0n) is 20.2. The number of benzene rings is 1. The van der Waals surface area contributed by atoms with E-state index in [9.17, 15) is 4.79 Å². The van der Waals surface area contributed by atoms with Crippen LogP contribution in [0.25, 0.3) is 0 Å². The number of urea groups is 1. The van der Waals surface area contributed by atoms with Gasteiger partial charge in [0.05, 0.1) is 13.2 Å². The zero-order chi connectivity index (χ0) is 23.6. The van der Waals surface area contributed by atoms with Gasteiger partial charge in [-0.05, 0) is 51.5 Å². The maximum Gasteiger partial charge on any atom is 0.324 e. The molecule has 0 aromatic heterocycles. The van der Waals surface area contributed by atoms with Crippen molar-refractivity contribution in [2.24, 2.45) is 10.7 Å². The number of hydrogen-bond donors (Lipinski definition) is 3. The van der Waals surface area contributed by atoms with Gasteiger partial charge in [0.2, 0.25) is 0 Å². The van der Waals surface area contributed by atoms with Crippen LogP contribution in [0.4, 0.5) is 4.79 Å². The van der Waals surface area contributed by atoms with Crippen LogP contribution in [0.5, 0.6) is 0 Å². The van der Waals surface area contributed by atoms with Gasteiger partial charge in [0.1, 0.15) is 11.5 Å². The summed E-state index contributed by atoms with van der Waals surface area (Å²) in [5, 5.41) is 5.85. The third-order valence-electron chi connectivity index (χ3n) is 6.83. The van der Waals surface area contributed by atoms with Crippen molar-refractivity contribution in [3.8, 4) is 0 Å². The predicted octanol–water partition coefficient (Wildman–Crippen LogP) is 1.97. The highest BCUT2D eigenvalue weighted by molar-refractivity contribution is 5.86. The molecule has 0 aliphatic carbocycles. The number of ether oxygens (including phenoxy) is 1. The van der Waals surface area contributed by atoms with E-state index >= 15 is 0 Å². The van der Waals surface area contributed by atoms with Crippen molar-refractivity contribution in [3.05, 3.63) is 46.9 Å². The molecule has 0 spiro atoms. The summed E-state index contributed by atoms with van der Waals surface area (Å²) in [6.45, 7) is 8.16. The summed E-state index contributed by atoms with van der Waals surface area (Å²) >= 11 is 0. The van der Waals surface area contributed by atoms with E-state index in [0.29, 0.717) is 36.7 Å². The number of aliphatic imine (C=N–C) groups is 1. The van der Waals surface area contributed by atoms with E-state index in [1.54, 1.807) is 4.90 Å². The number of rotatable bonds is 8.